The summed E-state index contributed by atoms with van der Waals surface area (Å²) >= 11 is 12.0. The highest BCUT2D eigenvalue weighted by Crippen LogP contribution is 2.36. The molecule has 0 aliphatic heterocycles. The van der Waals surface area contributed by atoms with Crippen LogP contribution in [-0.4, -0.2) is 4.98 Å². The van der Waals surface area contributed by atoms with Gasteiger partial charge < -0.3 is 11.1 Å². The molecule has 3 nitrogen and oxygen atoms in total. The molecule has 3 N–H and O–H groups in total. The van der Waals surface area contributed by atoms with Crippen molar-refractivity contribution in [2.75, 3.05) is 11.1 Å². The summed E-state index contributed by atoms with van der Waals surface area (Å²) in [6, 6.07) is 9.67. The van der Waals surface area contributed by atoms with Gasteiger partial charge in [0.2, 0.25) is 0 Å². The van der Waals surface area contributed by atoms with Crippen molar-refractivity contribution < 1.29 is 4.39 Å². The molecule has 0 saturated carbocycles. The Hall–Kier alpha value is -2.04. The highest BCUT2D eigenvalue weighted by Gasteiger charge is 2.11. The molecule has 2 aromatic carbocycles. The maximum atomic E-state index is 13.2. The minimum atomic E-state index is -0.494. The molecule has 0 aliphatic carbocycles. The minimum absolute atomic E-state index is 0.186. The van der Waals surface area contributed by atoms with E-state index < -0.39 is 5.82 Å². The van der Waals surface area contributed by atoms with Crippen molar-refractivity contribution >= 4 is 51.2 Å². The average molecular weight is 322 g/mol. The number of anilines is 3. The van der Waals surface area contributed by atoms with Crippen molar-refractivity contribution in [3.8, 4) is 0 Å². The first-order valence-electron chi connectivity index (χ1n) is 6.11. The van der Waals surface area contributed by atoms with E-state index in [0.717, 1.165) is 10.9 Å². The highest BCUT2D eigenvalue weighted by atomic mass is 35.5. The van der Waals surface area contributed by atoms with Crippen molar-refractivity contribution in [2.45, 2.75) is 0 Å². The summed E-state index contributed by atoms with van der Waals surface area (Å²) < 4.78 is 13.2. The van der Waals surface area contributed by atoms with E-state index >= 15 is 0 Å². The van der Waals surface area contributed by atoms with Crippen LogP contribution in [0.5, 0.6) is 0 Å². The van der Waals surface area contributed by atoms with Gasteiger partial charge in [0.15, 0.2) is 0 Å². The van der Waals surface area contributed by atoms with Crippen LogP contribution < -0.4 is 11.1 Å². The fourth-order valence-electron chi connectivity index (χ4n) is 2.08. The zero-order valence-electron chi connectivity index (χ0n) is 10.7. The van der Waals surface area contributed by atoms with Gasteiger partial charge in [0.1, 0.15) is 5.82 Å². The number of nitrogens with zero attached hydrogens (tertiary/aromatic N) is 1. The third-order valence-corrected chi connectivity index (χ3v) is 3.69. The van der Waals surface area contributed by atoms with Crippen LogP contribution in [0.3, 0.4) is 0 Å². The fraction of sp³-hybridized carbons (Fsp3) is 0. The van der Waals surface area contributed by atoms with Crippen LogP contribution >= 0.6 is 23.2 Å². The molecule has 0 fully saturated rings. The van der Waals surface area contributed by atoms with Crippen molar-refractivity contribution in [1.82, 2.24) is 4.98 Å². The molecule has 3 rings (SSSR count). The number of hydrogen-bond donors (Lipinski definition) is 2. The monoisotopic (exact) mass is 321 g/mol. The van der Waals surface area contributed by atoms with Crippen LogP contribution in [0.2, 0.25) is 10.0 Å². The van der Waals surface area contributed by atoms with E-state index in [1.807, 2.05) is 12.1 Å². The van der Waals surface area contributed by atoms with Gasteiger partial charge in [-0.2, -0.15) is 0 Å². The molecular weight excluding hydrogens is 312 g/mol. The summed E-state index contributed by atoms with van der Waals surface area (Å²) in [5.74, 6) is -0.494. The molecule has 3 aromatic rings. The predicted octanol–water partition coefficient (Wildman–Crippen LogP) is 5.01. The van der Waals surface area contributed by atoms with Crippen molar-refractivity contribution in [2.24, 2.45) is 0 Å². The molecule has 0 spiro atoms. The average Bonchev–Trinajstić information content (AvgIpc) is 2.45. The summed E-state index contributed by atoms with van der Waals surface area (Å²) in [5, 5.41) is 4.23. The van der Waals surface area contributed by atoms with E-state index in [0.29, 0.717) is 17.1 Å². The van der Waals surface area contributed by atoms with E-state index in [9.17, 15) is 4.39 Å². The number of hydrogen-bond acceptors (Lipinski definition) is 3. The third kappa shape index (κ3) is 2.60. The summed E-state index contributed by atoms with van der Waals surface area (Å²) in [5.41, 5.74) is 8.49. The molecule has 0 radical (unpaired) electrons. The van der Waals surface area contributed by atoms with E-state index in [-0.39, 0.29) is 10.0 Å². The molecule has 0 saturated heterocycles. The molecule has 1 aromatic heterocycles. The van der Waals surface area contributed by atoms with Gasteiger partial charge in [-0.15, -0.1) is 0 Å². The Bertz CT molecular complexity index is 813. The van der Waals surface area contributed by atoms with Crippen LogP contribution in [0.25, 0.3) is 10.9 Å². The number of rotatable bonds is 2. The third-order valence-electron chi connectivity index (χ3n) is 3.09. The van der Waals surface area contributed by atoms with Gasteiger partial charge in [0, 0.05) is 11.6 Å². The van der Waals surface area contributed by atoms with Crippen LogP contribution in [0.15, 0.2) is 42.6 Å². The Labute approximate surface area is 130 Å². The number of nitrogens with one attached hydrogen (secondary N) is 1. The molecule has 1 heterocycles. The van der Waals surface area contributed by atoms with Gasteiger partial charge in [-0.05, 0) is 36.4 Å². The first-order valence-corrected chi connectivity index (χ1v) is 6.86. The maximum Gasteiger partial charge on any atom is 0.126 e. The summed E-state index contributed by atoms with van der Waals surface area (Å²) in [4.78, 5) is 4.23. The Balaban J connectivity index is 2.09. The normalized spacial score (nSPS) is 10.8. The quantitative estimate of drug-likeness (QED) is 0.652. The van der Waals surface area contributed by atoms with E-state index in [1.54, 1.807) is 18.3 Å². The second-order valence-electron chi connectivity index (χ2n) is 4.47. The lowest BCUT2D eigenvalue weighted by molar-refractivity contribution is 0.628. The van der Waals surface area contributed by atoms with Crippen LogP contribution in [-0.2, 0) is 0 Å². The van der Waals surface area contributed by atoms with Gasteiger partial charge in [0.05, 0.1) is 32.6 Å². The highest BCUT2D eigenvalue weighted by molar-refractivity contribution is 6.39. The minimum Gasteiger partial charge on any atom is -0.396 e. The Morgan fingerprint density at radius 1 is 1.10 bits per heavy atom. The van der Waals surface area contributed by atoms with E-state index in [1.165, 1.54) is 12.1 Å². The lowest BCUT2D eigenvalue weighted by Gasteiger charge is -2.14. The van der Waals surface area contributed by atoms with Gasteiger partial charge in [-0.25, -0.2) is 4.39 Å². The molecule has 6 heteroatoms. The molecule has 0 atom stereocenters. The summed E-state index contributed by atoms with van der Waals surface area (Å²) in [6.45, 7) is 0. The topological polar surface area (TPSA) is 50.9 Å². The predicted molar refractivity (Wildman–Crippen MR) is 85.9 cm³/mol. The number of fused-ring (bicyclic) bond motifs is 1. The van der Waals surface area contributed by atoms with Crippen molar-refractivity contribution in [3.63, 3.8) is 0 Å². The van der Waals surface area contributed by atoms with Crippen LogP contribution in [0, 0.1) is 5.82 Å². The smallest absolute Gasteiger partial charge is 0.126 e. The second-order valence-corrected chi connectivity index (χ2v) is 5.28. The number of aromatic nitrogens is 1. The second kappa shape index (κ2) is 5.39. The lowest BCUT2D eigenvalue weighted by Crippen LogP contribution is -1.99. The van der Waals surface area contributed by atoms with Gasteiger partial charge >= 0.3 is 0 Å². The van der Waals surface area contributed by atoms with Crippen LogP contribution in [0.4, 0.5) is 21.5 Å². The van der Waals surface area contributed by atoms with Gasteiger partial charge in [0.25, 0.3) is 0 Å². The SMILES string of the molecule is Nc1c(Nc2c(Cl)cc(F)cc2Cl)ccc2ncccc12. The van der Waals surface area contributed by atoms with Crippen molar-refractivity contribution in [3.05, 3.63) is 58.5 Å². The zero-order valence-corrected chi connectivity index (χ0v) is 12.2. The number of halogens is 3. The maximum absolute atomic E-state index is 13.2. The standard InChI is InChI=1S/C15H10Cl2FN3/c16-10-6-8(18)7-11(17)15(10)21-13-4-3-12-9(14(13)19)2-1-5-20-12/h1-7,21H,19H2. The molecule has 106 valence electrons. The Morgan fingerprint density at radius 2 is 1.81 bits per heavy atom. The van der Waals surface area contributed by atoms with Gasteiger partial charge in [-0.3, -0.25) is 4.98 Å². The molecule has 0 bridgehead atoms. The van der Waals surface area contributed by atoms with E-state index in [2.05, 4.69) is 10.3 Å². The lowest BCUT2D eigenvalue weighted by atomic mass is 10.1. The molecular formula is C15H10Cl2FN3. The van der Waals surface area contributed by atoms with E-state index in [4.69, 9.17) is 28.9 Å². The molecule has 0 amide bonds. The largest absolute Gasteiger partial charge is 0.396 e. The zero-order chi connectivity index (χ0) is 15.0. The first-order chi connectivity index (χ1) is 10.1. The number of nitrogens with two attached hydrogens (primary N) is 1. The van der Waals surface area contributed by atoms with Crippen LogP contribution in [0.1, 0.15) is 0 Å². The molecule has 0 unspecified atom stereocenters. The Kier molecular flexibility index (Phi) is 3.57. The molecule has 0 aliphatic rings. The first kappa shape index (κ1) is 13.9. The summed E-state index contributed by atoms with van der Waals surface area (Å²) in [7, 11) is 0. The number of benzene rings is 2. The van der Waals surface area contributed by atoms with Gasteiger partial charge in [-0.1, -0.05) is 23.2 Å². The number of pyridine rings is 1. The van der Waals surface area contributed by atoms with Crippen molar-refractivity contribution in [1.29, 1.82) is 0 Å². The fourth-order valence-corrected chi connectivity index (χ4v) is 2.64. The summed E-state index contributed by atoms with van der Waals surface area (Å²) in [6.07, 6.45) is 1.70. The Morgan fingerprint density at radius 3 is 2.52 bits per heavy atom. The molecule has 21 heavy (non-hydrogen) atoms. The number of nitrogen functional groups attached to an aromatic ring is 1.